The molecule has 4 nitrogen and oxygen atoms in total. The first-order valence-corrected chi connectivity index (χ1v) is 7.53. The van der Waals surface area contributed by atoms with Crippen LogP contribution in [0.25, 0.3) is 0 Å². The van der Waals surface area contributed by atoms with E-state index in [4.69, 9.17) is 0 Å². The highest BCUT2D eigenvalue weighted by atomic mass is 19.1. The van der Waals surface area contributed by atoms with Crippen molar-refractivity contribution >= 4 is 17.3 Å². The van der Waals surface area contributed by atoms with Gasteiger partial charge in [0.25, 0.3) is 5.91 Å². The van der Waals surface area contributed by atoms with Crippen molar-refractivity contribution in [2.45, 2.75) is 20.8 Å². The lowest BCUT2D eigenvalue weighted by molar-refractivity contribution is -0.112. The van der Waals surface area contributed by atoms with Crippen molar-refractivity contribution in [1.29, 1.82) is 5.26 Å². The number of halogens is 2. The summed E-state index contributed by atoms with van der Waals surface area (Å²) in [5.41, 5.74) is 3.18. The molecular weight excluding hydrogens is 324 g/mol. The first-order valence-electron chi connectivity index (χ1n) is 7.53. The van der Waals surface area contributed by atoms with Crippen LogP contribution < -0.4 is 10.6 Å². The summed E-state index contributed by atoms with van der Waals surface area (Å²) in [6.45, 7) is 5.67. The van der Waals surface area contributed by atoms with E-state index in [0.29, 0.717) is 11.8 Å². The monoisotopic (exact) mass is 341 g/mol. The first-order chi connectivity index (χ1) is 11.8. The van der Waals surface area contributed by atoms with Gasteiger partial charge in [0, 0.05) is 18.0 Å². The summed E-state index contributed by atoms with van der Waals surface area (Å²) < 4.78 is 26.5. The van der Waals surface area contributed by atoms with E-state index in [0.717, 1.165) is 29.0 Å². The number of carbonyl (C=O) groups is 1. The molecule has 128 valence electrons. The summed E-state index contributed by atoms with van der Waals surface area (Å²) in [5, 5.41) is 14.4. The average Bonchev–Trinajstić information content (AvgIpc) is 2.53. The van der Waals surface area contributed by atoms with E-state index in [9.17, 15) is 18.8 Å². The number of aryl methyl sites for hydroxylation is 3. The molecule has 0 aliphatic carbocycles. The molecule has 25 heavy (non-hydrogen) atoms. The minimum atomic E-state index is -0.820. The Hall–Kier alpha value is -3.20. The maximum absolute atomic E-state index is 13.6. The number of rotatable bonds is 4. The van der Waals surface area contributed by atoms with Crippen molar-refractivity contribution < 1.29 is 13.6 Å². The van der Waals surface area contributed by atoms with Crippen LogP contribution in [-0.2, 0) is 4.79 Å². The van der Waals surface area contributed by atoms with Crippen molar-refractivity contribution in [2.24, 2.45) is 0 Å². The van der Waals surface area contributed by atoms with Crippen LogP contribution in [0.5, 0.6) is 0 Å². The second-order valence-electron chi connectivity index (χ2n) is 5.67. The van der Waals surface area contributed by atoms with Gasteiger partial charge in [0.1, 0.15) is 23.3 Å². The summed E-state index contributed by atoms with van der Waals surface area (Å²) in [4.78, 5) is 12.3. The summed E-state index contributed by atoms with van der Waals surface area (Å²) in [6.07, 6.45) is 1.09. The van der Waals surface area contributed by atoms with Crippen molar-refractivity contribution in [3.63, 3.8) is 0 Å². The third-order valence-electron chi connectivity index (χ3n) is 3.58. The molecule has 0 spiro atoms. The Labute approximate surface area is 144 Å². The van der Waals surface area contributed by atoms with Crippen LogP contribution in [0, 0.1) is 43.7 Å². The Kier molecular flexibility index (Phi) is 5.50. The zero-order valence-electron chi connectivity index (χ0n) is 14.1. The fourth-order valence-electron chi connectivity index (χ4n) is 2.46. The predicted molar refractivity (Wildman–Crippen MR) is 93.0 cm³/mol. The van der Waals surface area contributed by atoms with Crippen molar-refractivity contribution in [2.75, 3.05) is 10.6 Å². The van der Waals surface area contributed by atoms with Crippen LogP contribution in [0.15, 0.2) is 42.1 Å². The summed E-state index contributed by atoms with van der Waals surface area (Å²) in [5.74, 6) is -2.15. The smallest absolute Gasteiger partial charge is 0.267 e. The number of benzene rings is 2. The lowest BCUT2D eigenvalue weighted by atomic mass is 10.0. The molecule has 0 aliphatic rings. The Morgan fingerprint density at radius 3 is 2.32 bits per heavy atom. The van der Waals surface area contributed by atoms with Gasteiger partial charge in [-0.05, 0) is 44.0 Å². The van der Waals surface area contributed by atoms with Crippen LogP contribution in [0.4, 0.5) is 20.2 Å². The molecule has 1 amide bonds. The SMILES string of the molecule is Cc1cc(C)c(NC(=O)/C(C#N)=C\Nc2ccc(F)cc2F)c(C)c1. The molecule has 6 heteroatoms. The van der Waals surface area contributed by atoms with Gasteiger partial charge < -0.3 is 10.6 Å². The maximum Gasteiger partial charge on any atom is 0.267 e. The highest BCUT2D eigenvalue weighted by molar-refractivity contribution is 6.07. The Morgan fingerprint density at radius 2 is 1.76 bits per heavy atom. The number of anilines is 2. The van der Waals surface area contributed by atoms with Crippen LogP contribution in [0.3, 0.4) is 0 Å². The van der Waals surface area contributed by atoms with E-state index in [1.54, 1.807) is 6.07 Å². The molecule has 2 aromatic carbocycles. The summed E-state index contributed by atoms with van der Waals surface area (Å²) >= 11 is 0. The van der Waals surface area contributed by atoms with Gasteiger partial charge in [0.05, 0.1) is 5.69 Å². The molecule has 0 fully saturated rings. The molecule has 0 heterocycles. The minimum absolute atomic E-state index is 0.0374. The van der Waals surface area contributed by atoms with E-state index in [-0.39, 0.29) is 11.3 Å². The van der Waals surface area contributed by atoms with E-state index < -0.39 is 17.5 Å². The lowest BCUT2D eigenvalue weighted by Gasteiger charge is -2.12. The molecule has 0 saturated heterocycles. The molecule has 0 aromatic heterocycles. The molecule has 0 bridgehead atoms. The van der Waals surface area contributed by atoms with Gasteiger partial charge in [-0.3, -0.25) is 4.79 Å². The molecule has 0 aliphatic heterocycles. The topological polar surface area (TPSA) is 64.9 Å². The van der Waals surface area contributed by atoms with E-state index in [1.165, 1.54) is 6.07 Å². The minimum Gasteiger partial charge on any atom is -0.358 e. The zero-order chi connectivity index (χ0) is 18.6. The van der Waals surface area contributed by atoms with Crippen LogP contribution >= 0.6 is 0 Å². The number of nitriles is 1. The summed E-state index contributed by atoms with van der Waals surface area (Å²) in [7, 11) is 0. The van der Waals surface area contributed by atoms with Crippen LogP contribution in [0.2, 0.25) is 0 Å². The number of hydrogen-bond donors (Lipinski definition) is 2. The average molecular weight is 341 g/mol. The second-order valence-corrected chi connectivity index (χ2v) is 5.67. The van der Waals surface area contributed by atoms with Gasteiger partial charge >= 0.3 is 0 Å². The molecule has 2 N–H and O–H groups in total. The van der Waals surface area contributed by atoms with E-state index in [1.807, 2.05) is 32.9 Å². The van der Waals surface area contributed by atoms with Gasteiger partial charge in [0.2, 0.25) is 0 Å². The molecule has 2 aromatic rings. The first kappa shape index (κ1) is 18.1. The molecular formula is C19H17F2N3O. The normalized spacial score (nSPS) is 11.0. The summed E-state index contributed by atoms with van der Waals surface area (Å²) in [6, 6.07) is 8.57. The predicted octanol–water partition coefficient (Wildman–Crippen LogP) is 4.35. The highest BCUT2D eigenvalue weighted by Crippen LogP contribution is 2.22. The third-order valence-corrected chi connectivity index (χ3v) is 3.58. The van der Waals surface area contributed by atoms with Gasteiger partial charge in [-0.15, -0.1) is 0 Å². The fraction of sp³-hybridized carbons (Fsp3) is 0.158. The lowest BCUT2D eigenvalue weighted by Crippen LogP contribution is -2.16. The maximum atomic E-state index is 13.6. The van der Waals surface area contributed by atoms with Crippen LogP contribution in [-0.4, -0.2) is 5.91 Å². The number of amides is 1. The number of hydrogen-bond acceptors (Lipinski definition) is 3. The Bertz CT molecular complexity index is 875. The Morgan fingerprint density at radius 1 is 1.12 bits per heavy atom. The van der Waals surface area contributed by atoms with Gasteiger partial charge in [0.15, 0.2) is 0 Å². The number of nitrogens with one attached hydrogen (secondary N) is 2. The number of carbonyl (C=O) groups excluding carboxylic acids is 1. The quantitative estimate of drug-likeness (QED) is 0.642. The second kappa shape index (κ2) is 7.58. The van der Waals surface area contributed by atoms with Crippen molar-refractivity contribution in [3.05, 3.63) is 70.4 Å². The molecule has 0 saturated carbocycles. The number of nitrogens with zero attached hydrogens (tertiary/aromatic N) is 1. The highest BCUT2D eigenvalue weighted by Gasteiger charge is 2.13. The van der Waals surface area contributed by atoms with Gasteiger partial charge in [-0.1, -0.05) is 17.7 Å². The molecule has 0 atom stereocenters. The van der Waals surface area contributed by atoms with Gasteiger partial charge in [-0.2, -0.15) is 5.26 Å². The Balaban J connectivity index is 2.20. The van der Waals surface area contributed by atoms with Crippen molar-refractivity contribution in [3.8, 4) is 6.07 Å². The third kappa shape index (κ3) is 4.42. The fourth-order valence-corrected chi connectivity index (χ4v) is 2.46. The van der Waals surface area contributed by atoms with E-state index in [2.05, 4.69) is 10.6 Å². The molecule has 0 radical (unpaired) electrons. The largest absolute Gasteiger partial charge is 0.358 e. The van der Waals surface area contributed by atoms with Gasteiger partial charge in [-0.25, -0.2) is 8.78 Å². The van der Waals surface area contributed by atoms with Crippen molar-refractivity contribution in [1.82, 2.24) is 0 Å². The molecule has 2 rings (SSSR count). The van der Waals surface area contributed by atoms with Crippen LogP contribution in [0.1, 0.15) is 16.7 Å². The standard InChI is InChI=1S/C19H17F2N3O/c1-11-6-12(2)18(13(3)7-11)24-19(25)14(9-22)10-23-17-5-4-15(20)8-16(17)21/h4-8,10,23H,1-3H3,(H,24,25)/b14-10-. The molecule has 0 unspecified atom stereocenters. The zero-order valence-corrected chi connectivity index (χ0v) is 14.1. The van der Waals surface area contributed by atoms with E-state index >= 15 is 0 Å².